The van der Waals surface area contributed by atoms with Gasteiger partial charge in [-0.3, -0.25) is 10.1 Å². The zero-order chi connectivity index (χ0) is 11.0. The number of phenols is 1. The molecule has 1 aliphatic heterocycles. The van der Waals surface area contributed by atoms with Gasteiger partial charge >= 0.3 is 0 Å². The molecule has 5 nitrogen and oxygen atoms in total. The molecule has 0 aliphatic carbocycles. The predicted octanol–water partition coefficient (Wildman–Crippen LogP) is 2.52. The molecule has 1 aromatic carbocycles. The third-order valence-electron chi connectivity index (χ3n) is 2.49. The molecule has 1 aliphatic rings. The number of nitrogens with one attached hydrogen (secondary N) is 1. The summed E-state index contributed by atoms with van der Waals surface area (Å²) in [4.78, 5) is 10.2. The van der Waals surface area contributed by atoms with E-state index in [-0.39, 0.29) is 29.9 Å². The monoisotopic (exact) mass is 308 g/mol. The summed E-state index contributed by atoms with van der Waals surface area (Å²) >= 11 is 3.10. The number of benzene rings is 1. The Hall–Kier alpha value is -0.850. The smallest absolute Gasteiger partial charge is 0.271 e. The molecule has 1 heterocycles. The Labute approximate surface area is 107 Å². The number of hydrogen-bond acceptors (Lipinski definition) is 4. The molecular weight excluding hydrogens is 299 g/mol. The second kappa shape index (κ2) is 4.99. The Morgan fingerprint density at radius 1 is 1.56 bits per heavy atom. The largest absolute Gasteiger partial charge is 0.506 e. The summed E-state index contributed by atoms with van der Waals surface area (Å²) in [6, 6.07) is 2.75. The van der Waals surface area contributed by atoms with Gasteiger partial charge in [0.05, 0.1) is 9.40 Å². The maximum absolute atomic E-state index is 10.6. The minimum atomic E-state index is -0.466. The van der Waals surface area contributed by atoms with Crippen molar-refractivity contribution < 1.29 is 10.0 Å². The van der Waals surface area contributed by atoms with Gasteiger partial charge < -0.3 is 10.4 Å². The van der Waals surface area contributed by atoms with Gasteiger partial charge in [0.1, 0.15) is 5.75 Å². The molecule has 1 fully saturated rings. The highest BCUT2D eigenvalue weighted by molar-refractivity contribution is 9.10. The Balaban J connectivity index is 0.00000128. The van der Waals surface area contributed by atoms with Crippen LogP contribution in [0.5, 0.6) is 5.75 Å². The fourth-order valence-corrected chi connectivity index (χ4v) is 1.99. The fraction of sp³-hybridized carbons (Fsp3) is 0.333. The first-order valence-electron chi connectivity index (χ1n) is 4.50. The minimum Gasteiger partial charge on any atom is -0.506 e. The summed E-state index contributed by atoms with van der Waals surface area (Å²) in [5, 5.41) is 23.5. The van der Waals surface area contributed by atoms with Crippen molar-refractivity contribution >= 4 is 34.0 Å². The molecule has 16 heavy (non-hydrogen) atoms. The number of aromatic hydroxyl groups is 1. The highest BCUT2D eigenvalue weighted by atomic mass is 79.9. The van der Waals surface area contributed by atoms with E-state index in [1.165, 1.54) is 12.1 Å². The number of non-ortho nitro benzene ring substituents is 1. The van der Waals surface area contributed by atoms with Gasteiger partial charge in [-0.2, -0.15) is 0 Å². The Bertz CT molecular complexity index is 423. The van der Waals surface area contributed by atoms with E-state index in [2.05, 4.69) is 21.2 Å². The topological polar surface area (TPSA) is 75.4 Å². The second-order valence-corrected chi connectivity index (χ2v) is 4.27. The Kier molecular flexibility index (Phi) is 4.12. The lowest BCUT2D eigenvalue weighted by Gasteiger charge is -2.28. The number of nitrogens with zero attached hydrogens (tertiary/aromatic N) is 1. The van der Waals surface area contributed by atoms with Gasteiger partial charge in [-0.05, 0) is 28.9 Å². The Morgan fingerprint density at radius 3 is 2.62 bits per heavy atom. The highest BCUT2D eigenvalue weighted by Gasteiger charge is 2.25. The molecular formula is C9H10BrClN2O3. The summed E-state index contributed by atoms with van der Waals surface area (Å²) in [5.41, 5.74) is 0.575. The zero-order valence-corrected chi connectivity index (χ0v) is 10.5. The third kappa shape index (κ3) is 2.28. The number of halogens is 2. The van der Waals surface area contributed by atoms with Crippen LogP contribution in [0.15, 0.2) is 16.6 Å². The van der Waals surface area contributed by atoms with Crippen LogP contribution in [0.4, 0.5) is 5.69 Å². The summed E-state index contributed by atoms with van der Waals surface area (Å²) in [6.45, 7) is 0.879. The van der Waals surface area contributed by atoms with Crippen molar-refractivity contribution in [3.05, 3.63) is 32.3 Å². The summed E-state index contributed by atoms with van der Waals surface area (Å²) in [5.74, 6) is 0.0813. The van der Waals surface area contributed by atoms with E-state index < -0.39 is 4.92 Å². The van der Waals surface area contributed by atoms with E-state index in [1.807, 2.05) is 0 Å². The van der Waals surface area contributed by atoms with Crippen molar-refractivity contribution in [3.8, 4) is 5.75 Å². The van der Waals surface area contributed by atoms with Crippen molar-refractivity contribution in [1.29, 1.82) is 0 Å². The molecule has 0 radical (unpaired) electrons. The molecule has 2 N–H and O–H groups in total. The first-order chi connectivity index (χ1) is 7.09. The average Bonchev–Trinajstić information content (AvgIpc) is 2.09. The quantitative estimate of drug-likeness (QED) is 0.650. The fourth-order valence-electron chi connectivity index (χ4n) is 1.53. The Morgan fingerprint density at radius 2 is 2.19 bits per heavy atom. The molecule has 0 unspecified atom stereocenters. The van der Waals surface area contributed by atoms with Gasteiger partial charge in [-0.15, -0.1) is 12.4 Å². The van der Waals surface area contributed by atoms with Crippen LogP contribution in [0.3, 0.4) is 0 Å². The van der Waals surface area contributed by atoms with Gasteiger partial charge in [0.2, 0.25) is 0 Å². The van der Waals surface area contributed by atoms with Gasteiger partial charge in [0.25, 0.3) is 5.69 Å². The van der Waals surface area contributed by atoms with Gasteiger partial charge in [-0.1, -0.05) is 0 Å². The molecule has 0 saturated carbocycles. The molecule has 0 bridgehead atoms. The first kappa shape index (κ1) is 13.2. The van der Waals surface area contributed by atoms with Crippen LogP contribution in [-0.4, -0.2) is 16.6 Å². The second-order valence-electron chi connectivity index (χ2n) is 3.42. The van der Waals surface area contributed by atoms with Gasteiger partial charge in [-0.25, -0.2) is 0 Å². The predicted molar refractivity (Wildman–Crippen MR) is 65.1 cm³/mol. The van der Waals surface area contributed by atoms with E-state index >= 15 is 0 Å². The number of rotatable bonds is 2. The molecule has 1 atom stereocenters. The lowest BCUT2D eigenvalue weighted by atomic mass is 9.97. The maximum atomic E-state index is 10.6. The standard InChI is InChI=1S/C9H9BrN2O3.ClH/c10-7-4-5(12(14)15)3-6(9(7)13)8-1-2-11-8;/h3-4,8,11,13H,1-2H2;1H/t8-;/m1./s1. The average molecular weight is 310 g/mol. The SMILES string of the molecule is Cl.O=[N+]([O-])c1cc(Br)c(O)c([C@H]2CCN2)c1. The van der Waals surface area contributed by atoms with Gasteiger partial charge in [0, 0.05) is 23.7 Å². The number of hydrogen-bond donors (Lipinski definition) is 2. The number of nitro benzene ring substituents is 1. The molecule has 0 amide bonds. The molecule has 2 rings (SSSR count). The van der Waals surface area contributed by atoms with Crippen molar-refractivity contribution in [2.75, 3.05) is 6.54 Å². The van der Waals surface area contributed by atoms with E-state index in [0.29, 0.717) is 10.0 Å². The van der Waals surface area contributed by atoms with E-state index in [4.69, 9.17) is 0 Å². The van der Waals surface area contributed by atoms with Crippen molar-refractivity contribution in [2.24, 2.45) is 0 Å². The molecule has 0 spiro atoms. The van der Waals surface area contributed by atoms with Crippen LogP contribution in [0.25, 0.3) is 0 Å². The normalized spacial score (nSPS) is 18.4. The van der Waals surface area contributed by atoms with E-state index in [0.717, 1.165) is 13.0 Å². The molecule has 88 valence electrons. The molecule has 0 aromatic heterocycles. The highest BCUT2D eigenvalue weighted by Crippen LogP contribution is 2.38. The third-order valence-corrected chi connectivity index (χ3v) is 3.09. The summed E-state index contributed by atoms with van der Waals surface area (Å²) < 4.78 is 0.361. The zero-order valence-electron chi connectivity index (χ0n) is 8.14. The number of nitro groups is 1. The van der Waals surface area contributed by atoms with Gasteiger partial charge in [0.15, 0.2) is 0 Å². The van der Waals surface area contributed by atoms with Crippen molar-refractivity contribution in [3.63, 3.8) is 0 Å². The van der Waals surface area contributed by atoms with E-state index in [9.17, 15) is 15.2 Å². The van der Waals surface area contributed by atoms with Crippen LogP contribution in [-0.2, 0) is 0 Å². The molecule has 1 aromatic rings. The van der Waals surface area contributed by atoms with Crippen LogP contribution >= 0.6 is 28.3 Å². The lowest BCUT2D eigenvalue weighted by molar-refractivity contribution is -0.385. The number of phenolic OH excluding ortho intramolecular Hbond substituents is 1. The summed E-state index contributed by atoms with van der Waals surface area (Å²) in [7, 11) is 0. The van der Waals surface area contributed by atoms with Crippen LogP contribution < -0.4 is 5.32 Å². The molecule has 7 heteroatoms. The van der Waals surface area contributed by atoms with Crippen LogP contribution in [0.1, 0.15) is 18.0 Å². The lowest BCUT2D eigenvalue weighted by Crippen LogP contribution is -2.35. The first-order valence-corrected chi connectivity index (χ1v) is 5.29. The molecule has 1 saturated heterocycles. The summed E-state index contributed by atoms with van der Waals surface area (Å²) in [6.07, 6.45) is 0.890. The van der Waals surface area contributed by atoms with Crippen LogP contribution in [0, 0.1) is 10.1 Å². The minimum absolute atomic E-state index is 0. The van der Waals surface area contributed by atoms with Crippen molar-refractivity contribution in [1.82, 2.24) is 5.32 Å². The van der Waals surface area contributed by atoms with E-state index in [1.54, 1.807) is 0 Å². The van der Waals surface area contributed by atoms with Crippen LogP contribution in [0.2, 0.25) is 0 Å². The maximum Gasteiger partial charge on any atom is 0.271 e. The van der Waals surface area contributed by atoms with Crippen molar-refractivity contribution in [2.45, 2.75) is 12.5 Å².